The molecule has 1 aliphatic rings. The van der Waals surface area contributed by atoms with Crippen molar-refractivity contribution in [1.29, 1.82) is 0 Å². The van der Waals surface area contributed by atoms with Crippen LogP contribution in [0.15, 0.2) is 36.4 Å². The SMILES string of the molecule is Cc1ccc(C)c(CC(=O)NC(C)(C)c2ccc3c(c2)OCCO3)c1. The monoisotopic (exact) mass is 339 g/mol. The Labute approximate surface area is 149 Å². The van der Waals surface area contributed by atoms with E-state index in [2.05, 4.69) is 23.5 Å². The van der Waals surface area contributed by atoms with Gasteiger partial charge in [0.1, 0.15) is 13.2 Å². The standard InChI is InChI=1S/C21H25NO3/c1-14-5-6-15(2)16(11-14)12-20(23)22-21(3,4)17-7-8-18-19(13-17)25-10-9-24-18/h5-8,11,13H,9-10,12H2,1-4H3,(H,22,23). The van der Waals surface area contributed by atoms with Gasteiger partial charge in [-0.05, 0) is 56.5 Å². The van der Waals surface area contributed by atoms with Crippen molar-refractivity contribution in [3.63, 3.8) is 0 Å². The number of carbonyl (C=O) groups is 1. The number of hydrogen-bond donors (Lipinski definition) is 1. The number of hydrogen-bond acceptors (Lipinski definition) is 3. The van der Waals surface area contributed by atoms with Gasteiger partial charge in [0.2, 0.25) is 5.91 Å². The second kappa shape index (κ2) is 6.79. The van der Waals surface area contributed by atoms with Crippen LogP contribution in [0.3, 0.4) is 0 Å². The molecule has 0 aliphatic carbocycles. The topological polar surface area (TPSA) is 47.6 Å². The van der Waals surface area contributed by atoms with Gasteiger partial charge in [-0.2, -0.15) is 0 Å². The number of fused-ring (bicyclic) bond motifs is 1. The number of ether oxygens (including phenoxy) is 2. The summed E-state index contributed by atoms with van der Waals surface area (Å²) in [6, 6.07) is 12.0. The Balaban J connectivity index is 1.74. The van der Waals surface area contributed by atoms with Crippen LogP contribution >= 0.6 is 0 Å². The first-order valence-corrected chi connectivity index (χ1v) is 8.62. The molecule has 0 aromatic heterocycles. The van der Waals surface area contributed by atoms with E-state index in [1.54, 1.807) is 0 Å². The second-order valence-corrected chi connectivity index (χ2v) is 7.14. The van der Waals surface area contributed by atoms with Gasteiger partial charge in [0.05, 0.1) is 12.0 Å². The van der Waals surface area contributed by atoms with Gasteiger partial charge in [0.15, 0.2) is 11.5 Å². The average Bonchev–Trinajstić information content (AvgIpc) is 2.57. The largest absolute Gasteiger partial charge is 0.486 e. The maximum Gasteiger partial charge on any atom is 0.225 e. The van der Waals surface area contributed by atoms with Crippen LogP contribution in [0.2, 0.25) is 0 Å². The highest BCUT2D eigenvalue weighted by Gasteiger charge is 2.25. The molecule has 0 fully saturated rings. The molecule has 0 spiro atoms. The molecule has 1 amide bonds. The number of benzene rings is 2. The van der Waals surface area contributed by atoms with Gasteiger partial charge >= 0.3 is 0 Å². The van der Waals surface area contributed by atoms with Crippen LogP contribution in [0, 0.1) is 13.8 Å². The van der Waals surface area contributed by atoms with Gasteiger partial charge < -0.3 is 14.8 Å². The van der Waals surface area contributed by atoms with E-state index >= 15 is 0 Å². The zero-order chi connectivity index (χ0) is 18.0. The third kappa shape index (κ3) is 3.95. The van der Waals surface area contributed by atoms with Crippen LogP contribution < -0.4 is 14.8 Å². The van der Waals surface area contributed by atoms with E-state index in [4.69, 9.17) is 9.47 Å². The van der Waals surface area contributed by atoms with Gasteiger partial charge in [0.25, 0.3) is 0 Å². The molecule has 25 heavy (non-hydrogen) atoms. The lowest BCUT2D eigenvalue weighted by molar-refractivity contribution is -0.122. The number of nitrogens with one attached hydrogen (secondary N) is 1. The first kappa shape index (κ1) is 17.3. The van der Waals surface area contributed by atoms with Gasteiger partial charge in [-0.1, -0.05) is 29.8 Å². The summed E-state index contributed by atoms with van der Waals surface area (Å²) in [7, 11) is 0. The highest BCUT2D eigenvalue weighted by atomic mass is 16.6. The molecule has 0 radical (unpaired) electrons. The first-order valence-electron chi connectivity index (χ1n) is 8.62. The smallest absolute Gasteiger partial charge is 0.225 e. The highest BCUT2D eigenvalue weighted by Crippen LogP contribution is 2.34. The van der Waals surface area contributed by atoms with Crippen molar-refractivity contribution in [2.45, 2.75) is 39.7 Å². The summed E-state index contributed by atoms with van der Waals surface area (Å²) < 4.78 is 11.2. The van der Waals surface area contributed by atoms with Crippen molar-refractivity contribution in [3.8, 4) is 11.5 Å². The Morgan fingerprint density at radius 3 is 2.52 bits per heavy atom. The van der Waals surface area contributed by atoms with Gasteiger partial charge in [-0.25, -0.2) is 0 Å². The van der Waals surface area contributed by atoms with Crippen LogP contribution in [0.1, 0.15) is 36.1 Å². The Bertz CT molecular complexity index is 796. The zero-order valence-corrected chi connectivity index (χ0v) is 15.3. The highest BCUT2D eigenvalue weighted by molar-refractivity contribution is 5.80. The number of amides is 1. The van der Waals surface area contributed by atoms with E-state index in [0.717, 1.165) is 28.2 Å². The van der Waals surface area contributed by atoms with Crippen molar-refractivity contribution >= 4 is 5.91 Å². The number of aryl methyl sites for hydroxylation is 2. The summed E-state index contributed by atoms with van der Waals surface area (Å²) in [5.41, 5.74) is 3.86. The van der Waals surface area contributed by atoms with E-state index in [1.807, 2.05) is 45.9 Å². The number of rotatable bonds is 4. The normalized spacial score (nSPS) is 13.4. The second-order valence-electron chi connectivity index (χ2n) is 7.14. The van der Waals surface area contributed by atoms with Crippen molar-refractivity contribution in [3.05, 3.63) is 58.7 Å². The van der Waals surface area contributed by atoms with Crippen molar-refractivity contribution in [1.82, 2.24) is 5.32 Å². The fourth-order valence-electron chi connectivity index (χ4n) is 3.06. The molecule has 0 atom stereocenters. The van der Waals surface area contributed by atoms with Crippen molar-refractivity contribution in [2.24, 2.45) is 0 Å². The Kier molecular flexibility index (Phi) is 4.71. The molecule has 0 bridgehead atoms. The van der Waals surface area contributed by atoms with Gasteiger partial charge in [-0.15, -0.1) is 0 Å². The third-order valence-electron chi connectivity index (χ3n) is 4.57. The van der Waals surface area contributed by atoms with Crippen LogP contribution in [0.5, 0.6) is 11.5 Å². The Morgan fingerprint density at radius 2 is 1.76 bits per heavy atom. The molecule has 2 aromatic rings. The van der Waals surface area contributed by atoms with E-state index in [-0.39, 0.29) is 5.91 Å². The van der Waals surface area contributed by atoms with E-state index in [0.29, 0.717) is 19.6 Å². The van der Waals surface area contributed by atoms with E-state index in [9.17, 15) is 4.79 Å². The molecular weight excluding hydrogens is 314 g/mol. The summed E-state index contributed by atoms with van der Waals surface area (Å²) in [6.45, 7) is 9.20. The lowest BCUT2D eigenvalue weighted by Crippen LogP contribution is -2.41. The minimum absolute atomic E-state index is 0.00795. The minimum Gasteiger partial charge on any atom is -0.486 e. The summed E-state index contributed by atoms with van der Waals surface area (Å²) in [6.07, 6.45) is 0.376. The molecule has 4 nitrogen and oxygen atoms in total. The van der Waals surface area contributed by atoms with Crippen molar-refractivity contribution < 1.29 is 14.3 Å². The summed E-state index contributed by atoms with van der Waals surface area (Å²) in [4.78, 5) is 12.6. The minimum atomic E-state index is -0.495. The summed E-state index contributed by atoms with van der Waals surface area (Å²) in [5.74, 6) is 1.50. The summed E-state index contributed by atoms with van der Waals surface area (Å²) in [5, 5.41) is 3.14. The molecule has 0 unspecified atom stereocenters. The number of carbonyl (C=O) groups excluding carboxylic acids is 1. The molecule has 0 saturated carbocycles. The first-order chi connectivity index (χ1) is 11.8. The van der Waals surface area contributed by atoms with Crippen LogP contribution in [0.4, 0.5) is 0 Å². The molecule has 1 N–H and O–H groups in total. The lowest BCUT2D eigenvalue weighted by Gasteiger charge is -2.29. The molecule has 1 aliphatic heterocycles. The maximum atomic E-state index is 12.6. The molecule has 2 aromatic carbocycles. The average molecular weight is 339 g/mol. The Hall–Kier alpha value is -2.49. The van der Waals surface area contributed by atoms with Gasteiger partial charge in [0, 0.05) is 0 Å². The molecule has 132 valence electrons. The quantitative estimate of drug-likeness (QED) is 0.924. The fourth-order valence-corrected chi connectivity index (χ4v) is 3.06. The van der Waals surface area contributed by atoms with Gasteiger partial charge in [-0.3, -0.25) is 4.79 Å². The predicted octanol–water partition coefficient (Wildman–Crippen LogP) is 3.67. The van der Waals surface area contributed by atoms with E-state index < -0.39 is 5.54 Å². The molecule has 4 heteroatoms. The Morgan fingerprint density at radius 1 is 1.04 bits per heavy atom. The molecule has 3 rings (SSSR count). The fraction of sp³-hybridized carbons (Fsp3) is 0.381. The van der Waals surface area contributed by atoms with Crippen LogP contribution in [-0.2, 0) is 16.8 Å². The maximum absolute atomic E-state index is 12.6. The lowest BCUT2D eigenvalue weighted by atomic mass is 9.93. The van der Waals surface area contributed by atoms with Crippen LogP contribution in [-0.4, -0.2) is 19.1 Å². The molecular formula is C21H25NO3. The summed E-state index contributed by atoms with van der Waals surface area (Å²) >= 11 is 0. The van der Waals surface area contributed by atoms with Crippen LogP contribution in [0.25, 0.3) is 0 Å². The molecule has 0 saturated heterocycles. The predicted molar refractivity (Wildman–Crippen MR) is 98.2 cm³/mol. The van der Waals surface area contributed by atoms with Crippen molar-refractivity contribution in [2.75, 3.05) is 13.2 Å². The molecule has 1 heterocycles. The zero-order valence-electron chi connectivity index (χ0n) is 15.3. The third-order valence-corrected chi connectivity index (χ3v) is 4.57. The van der Waals surface area contributed by atoms with E-state index in [1.165, 1.54) is 5.56 Å².